The SMILES string of the molecule is COCc1ccc(C(=O)NC(C)c2ccc(F)c(F)c2)o1. The number of ether oxygens (including phenoxy) is 1. The molecule has 1 unspecified atom stereocenters. The number of carbonyl (C=O) groups is 1. The van der Waals surface area contributed by atoms with Gasteiger partial charge in [0.25, 0.3) is 5.91 Å². The first kappa shape index (κ1) is 15.2. The van der Waals surface area contributed by atoms with Gasteiger partial charge in [-0.25, -0.2) is 8.78 Å². The van der Waals surface area contributed by atoms with Crippen LogP contribution in [0, 0.1) is 11.6 Å². The third-order valence-corrected chi connectivity index (χ3v) is 2.96. The molecule has 6 heteroatoms. The van der Waals surface area contributed by atoms with Crippen LogP contribution >= 0.6 is 0 Å². The standard InChI is InChI=1S/C15H15F2NO3/c1-9(10-3-5-12(16)13(17)7-10)18-15(19)14-6-4-11(21-14)8-20-2/h3-7,9H,8H2,1-2H3,(H,18,19). The first-order valence-corrected chi connectivity index (χ1v) is 6.34. The second-order valence-electron chi connectivity index (χ2n) is 4.57. The van der Waals surface area contributed by atoms with E-state index in [0.717, 1.165) is 12.1 Å². The van der Waals surface area contributed by atoms with Gasteiger partial charge >= 0.3 is 0 Å². The summed E-state index contributed by atoms with van der Waals surface area (Å²) < 4.78 is 36.2. The molecule has 2 rings (SSSR count). The van der Waals surface area contributed by atoms with Crippen LogP contribution < -0.4 is 5.32 Å². The van der Waals surface area contributed by atoms with Crippen molar-refractivity contribution in [1.29, 1.82) is 0 Å². The van der Waals surface area contributed by atoms with Crippen molar-refractivity contribution in [3.8, 4) is 0 Å². The maximum Gasteiger partial charge on any atom is 0.287 e. The molecular weight excluding hydrogens is 280 g/mol. The van der Waals surface area contributed by atoms with Gasteiger partial charge in [-0.3, -0.25) is 4.79 Å². The summed E-state index contributed by atoms with van der Waals surface area (Å²) in [6.45, 7) is 1.94. The second kappa shape index (κ2) is 6.49. The quantitative estimate of drug-likeness (QED) is 0.921. The van der Waals surface area contributed by atoms with Gasteiger partial charge in [-0.2, -0.15) is 0 Å². The van der Waals surface area contributed by atoms with Crippen molar-refractivity contribution in [2.24, 2.45) is 0 Å². The molecule has 4 nitrogen and oxygen atoms in total. The largest absolute Gasteiger partial charge is 0.453 e. The van der Waals surface area contributed by atoms with E-state index in [1.807, 2.05) is 0 Å². The molecule has 1 aromatic heterocycles. The summed E-state index contributed by atoms with van der Waals surface area (Å²) >= 11 is 0. The van der Waals surface area contributed by atoms with Crippen LogP contribution in [0.2, 0.25) is 0 Å². The Labute approximate surface area is 120 Å². The molecule has 0 aliphatic rings. The van der Waals surface area contributed by atoms with Gasteiger partial charge in [0.05, 0.1) is 6.04 Å². The Morgan fingerprint density at radius 1 is 1.29 bits per heavy atom. The molecule has 1 heterocycles. The smallest absolute Gasteiger partial charge is 0.287 e. The average Bonchev–Trinajstić information content (AvgIpc) is 2.91. The molecule has 0 saturated carbocycles. The molecule has 0 aliphatic heterocycles. The second-order valence-corrected chi connectivity index (χ2v) is 4.57. The maximum atomic E-state index is 13.2. The molecular formula is C15H15F2NO3. The highest BCUT2D eigenvalue weighted by Crippen LogP contribution is 2.17. The molecule has 2 aromatic rings. The minimum Gasteiger partial charge on any atom is -0.453 e. The normalized spacial score (nSPS) is 12.2. The van der Waals surface area contributed by atoms with E-state index in [1.54, 1.807) is 13.0 Å². The van der Waals surface area contributed by atoms with E-state index < -0.39 is 23.6 Å². The maximum absolute atomic E-state index is 13.2. The highest BCUT2D eigenvalue weighted by Gasteiger charge is 2.16. The fourth-order valence-corrected chi connectivity index (χ4v) is 1.85. The highest BCUT2D eigenvalue weighted by molar-refractivity contribution is 5.91. The van der Waals surface area contributed by atoms with Crippen LogP contribution in [0.1, 0.15) is 34.8 Å². The topological polar surface area (TPSA) is 51.5 Å². The zero-order valence-electron chi connectivity index (χ0n) is 11.7. The number of amides is 1. The fraction of sp³-hybridized carbons (Fsp3) is 0.267. The van der Waals surface area contributed by atoms with E-state index in [2.05, 4.69) is 5.32 Å². The van der Waals surface area contributed by atoms with E-state index in [1.165, 1.54) is 19.2 Å². The van der Waals surface area contributed by atoms with Gasteiger partial charge in [-0.05, 0) is 36.8 Å². The first-order chi connectivity index (χ1) is 10.0. The summed E-state index contributed by atoms with van der Waals surface area (Å²) in [4.78, 5) is 12.0. The van der Waals surface area contributed by atoms with Crippen molar-refractivity contribution in [3.05, 3.63) is 59.1 Å². The minimum absolute atomic E-state index is 0.136. The number of carbonyl (C=O) groups excluding carboxylic acids is 1. The third kappa shape index (κ3) is 3.66. The van der Waals surface area contributed by atoms with E-state index >= 15 is 0 Å². The lowest BCUT2D eigenvalue weighted by Gasteiger charge is -2.13. The lowest BCUT2D eigenvalue weighted by atomic mass is 10.1. The number of furan rings is 1. The van der Waals surface area contributed by atoms with Crippen LogP contribution in [0.15, 0.2) is 34.7 Å². The van der Waals surface area contributed by atoms with Crippen LogP contribution in [-0.2, 0) is 11.3 Å². The number of hydrogen-bond acceptors (Lipinski definition) is 3. The first-order valence-electron chi connectivity index (χ1n) is 6.34. The van der Waals surface area contributed by atoms with Crippen molar-refractivity contribution in [3.63, 3.8) is 0 Å². The van der Waals surface area contributed by atoms with Gasteiger partial charge in [0.15, 0.2) is 17.4 Å². The van der Waals surface area contributed by atoms with E-state index in [0.29, 0.717) is 11.3 Å². The molecule has 1 amide bonds. The van der Waals surface area contributed by atoms with Crippen molar-refractivity contribution >= 4 is 5.91 Å². The number of benzene rings is 1. The number of methoxy groups -OCH3 is 1. The summed E-state index contributed by atoms with van der Waals surface area (Å²) in [5, 5.41) is 2.65. The number of rotatable bonds is 5. The van der Waals surface area contributed by atoms with Gasteiger partial charge in [0.1, 0.15) is 12.4 Å². The van der Waals surface area contributed by atoms with Crippen LogP contribution in [0.3, 0.4) is 0 Å². The molecule has 0 radical (unpaired) electrons. The van der Waals surface area contributed by atoms with Crippen LogP contribution in [0.25, 0.3) is 0 Å². The van der Waals surface area contributed by atoms with E-state index in [9.17, 15) is 13.6 Å². The Balaban J connectivity index is 2.05. The lowest BCUT2D eigenvalue weighted by Crippen LogP contribution is -2.26. The number of hydrogen-bond donors (Lipinski definition) is 1. The van der Waals surface area contributed by atoms with Crippen LogP contribution in [0.5, 0.6) is 0 Å². The van der Waals surface area contributed by atoms with Crippen molar-refractivity contribution in [2.45, 2.75) is 19.6 Å². The molecule has 0 spiro atoms. The molecule has 21 heavy (non-hydrogen) atoms. The Hall–Kier alpha value is -2.21. The number of nitrogens with one attached hydrogen (secondary N) is 1. The predicted molar refractivity (Wildman–Crippen MR) is 71.7 cm³/mol. The Kier molecular flexibility index (Phi) is 4.70. The molecule has 1 N–H and O–H groups in total. The summed E-state index contributed by atoms with van der Waals surface area (Å²) in [6.07, 6.45) is 0. The molecule has 0 fully saturated rings. The van der Waals surface area contributed by atoms with Gasteiger partial charge in [0.2, 0.25) is 0 Å². The molecule has 1 atom stereocenters. The van der Waals surface area contributed by atoms with Crippen molar-refractivity contribution in [2.75, 3.05) is 7.11 Å². The van der Waals surface area contributed by atoms with Gasteiger partial charge in [-0.15, -0.1) is 0 Å². The summed E-state index contributed by atoms with van der Waals surface area (Å²) in [5.74, 6) is -1.64. The molecule has 0 aliphatic carbocycles. The summed E-state index contributed by atoms with van der Waals surface area (Å²) in [5.41, 5.74) is 0.464. The lowest BCUT2D eigenvalue weighted by molar-refractivity contribution is 0.0903. The molecule has 112 valence electrons. The minimum atomic E-state index is -0.950. The summed E-state index contributed by atoms with van der Waals surface area (Å²) in [6, 6.07) is 6.18. The van der Waals surface area contributed by atoms with Crippen LogP contribution in [0.4, 0.5) is 8.78 Å². The van der Waals surface area contributed by atoms with Gasteiger partial charge in [0, 0.05) is 7.11 Å². The zero-order valence-corrected chi connectivity index (χ0v) is 11.7. The average molecular weight is 295 g/mol. The van der Waals surface area contributed by atoms with E-state index in [-0.39, 0.29) is 12.4 Å². The Bertz CT molecular complexity index is 640. The fourth-order valence-electron chi connectivity index (χ4n) is 1.85. The predicted octanol–water partition coefficient (Wildman–Crippen LogP) is 3.20. The number of halogens is 2. The highest BCUT2D eigenvalue weighted by atomic mass is 19.2. The third-order valence-electron chi connectivity index (χ3n) is 2.96. The Morgan fingerprint density at radius 3 is 2.71 bits per heavy atom. The Morgan fingerprint density at radius 2 is 2.05 bits per heavy atom. The molecule has 1 aromatic carbocycles. The van der Waals surface area contributed by atoms with Crippen molar-refractivity contribution < 1.29 is 22.7 Å². The molecule has 0 saturated heterocycles. The van der Waals surface area contributed by atoms with Crippen LogP contribution in [-0.4, -0.2) is 13.0 Å². The summed E-state index contributed by atoms with van der Waals surface area (Å²) in [7, 11) is 1.52. The van der Waals surface area contributed by atoms with E-state index in [4.69, 9.17) is 9.15 Å². The van der Waals surface area contributed by atoms with Gasteiger partial charge in [-0.1, -0.05) is 6.07 Å². The van der Waals surface area contributed by atoms with Crippen molar-refractivity contribution in [1.82, 2.24) is 5.32 Å². The molecule has 0 bridgehead atoms. The zero-order chi connectivity index (χ0) is 15.4. The monoisotopic (exact) mass is 295 g/mol. The van der Waals surface area contributed by atoms with Gasteiger partial charge < -0.3 is 14.5 Å².